The van der Waals surface area contributed by atoms with Crippen molar-refractivity contribution >= 4 is 22.6 Å². The molecule has 100 valence electrons. The van der Waals surface area contributed by atoms with E-state index in [2.05, 4.69) is 16.4 Å². The highest BCUT2D eigenvalue weighted by molar-refractivity contribution is 5.81. The number of nitrogens with one attached hydrogen (secondary N) is 1. The van der Waals surface area contributed by atoms with Gasteiger partial charge in [0, 0.05) is 18.4 Å². The topological polar surface area (TPSA) is 62.2 Å². The second-order valence-electron chi connectivity index (χ2n) is 4.55. The highest BCUT2D eigenvalue weighted by Crippen LogP contribution is 2.16. The van der Waals surface area contributed by atoms with Crippen LogP contribution in [0.25, 0.3) is 10.9 Å². The molecule has 0 aliphatic heterocycles. The molecule has 0 radical (unpaired) electrons. The van der Waals surface area contributed by atoms with Crippen molar-refractivity contribution in [2.75, 3.05) is 11.9 Å². The number of unbranched alkanes of at least 4 members (excludes halogenated alkanes) is 2. The summed E-state index contributed by atoms with van der Waals surface area (Å²) in [6.45, 7) is 0.847. The third kappa shape index (κ3) is 4.25. The highest BCUT2D eigenvalue weighted by atomic mass is 16.4. The Balaban J connectivity index is 1.77. The summed E-state index contributed by atoms with van der Waals surface area (Å²) >= 11 is 0. The van der Waals surface area contributed by atoms with Gasteiger partial charge in [0.2, 0.25) is 0 Å². The van der Waals surface area contributed by atoms with E-state index < -0.39 is 5.97 Å². The van der Waals surface area contributed by atoms with E-state index in [9.17, 15) is 4.79 Å². The molecular formula is C15H18N2O2. The number of carboxylic acids is 1. The van der Waals surface area contributed by atoms with Gasteiger partial charge in [-0.05, 0) is 25.0 Å². The van der Waals surface area contributed by atoms with Crippen LogP contribution in [-0.2, 0) is 4.79 Å². The second-order valence-corrected chi connectivity index (χ2v) is 4.55. The number of hydrogen-bond acceptors (Lipinski definition) is 3. The number of carboxylic acid groups (broad SMARTS) is 1. The fraction of sp³-hybridized carbons (Fsp3) is 0.333. The molecule has 0 spiro atoms. The molecule has 2 N–H and O–H groups in total. The molecule has 0 bridgehead atoms. The largest absolute Gasteiger partial charge is 0.481 e. The normalized spacial score (nSPS) is 10.5. The number of rotatable bonds is 7. The number of pyridine rings is 1. The third-order valence-corrected chi connectivity index (χ3v) is 2.99. The fourth-order valence-electron chi connectivity index (χ4n) is 1.98. The summed E-state index contributed by atoms with van der Waals surface area (Å²) in [5.74, 6) is -0.716. The summed E-state index contributed by atoms with van der Waals surface area (Å²) in [6.07, 6.45) is 4.74. The lowest BCUT2D eigenvalue weighted by Gasteiger charge is -2.06. The number of aromatic nitrogens is 1. The number of hydrogen-bond donors (Lipinski definition) is 2. The average molecular weight is 258 g/mol. The summed E-state index contributed by atoms with van der Waals surface area (Å²) in [4.78, 5) is 14.7. The molecular weight excluding hydrogens is 240 g/mol. The van der Waals surface area contributed by atoms with Crippen LogP contribution in [0.3, 0.4) is 0 Å². The number of benzene rings is 1. The van der Waals surface area contributed by atoms with E-state index >= 15 is 0 Å². The van der Waals surface area contributed by atoms with Crippen molar-refractivity contribution in [3.8, 4) is 0 Å². The van der Waals surface area contributed by atoms with Crippen LogP contribution in [0.2, 0.25) is 0 Å². The summed E-state index contributed by atoms with van der Waals surface area (Å²) in [5, 5.41) is 13.0. The molecule has 1 aromatic heterocycles. The van der Waals surface area contributed by atoms with Crippen molar-refractivity contribution in [3.05, 3.63) is 36.5 Å². The highest BCUT2D eigenvalue weighted by Gasteiger charge is 1.98. The smallest absolute Gasteiger partial charge is 0.303 e. The van der Waals surface area contributed by atoms with E-state index in [0.29, 0.717) is 0 Å². The number of aliphatic carboxylic acids is 1. The summed E-state index contributed by atoms with van der Waals surface area (Å²) < 4.78 is 0. The van der Waals surface area contributed by atoms with Gasteiger partial charge in [-0.2, -0.15) is 0 Å². The summed E-state index contributed by atoms with van der Waals surface area (Å²) in [7, 11) is 0. The van der Waals surface area contributed by atoms with E-state index in [0.717, 1.165) is 42.4 Å². The van der Waals surface area contributed by atoms with E-state index in [-0.39, 0.29) is 6.42 Å². The first kappa shape index (κ1) is 13.3. The van der Waals surface area contributed by atoms with Crippen LogP contribution < -0.4 is 5.32 Å². The number of nitrogens with zero attached hydrogens (tertiary/aromatic N) is 1. The Labute approximate surface area is 112 Å². The number of anilines is 1. The van der Waals surface area contributed by atoms with Crippen molar-refractivity contribution in [2.45, 2.75) is 25.7 Å². The van der Waals surface area contributed by atoms with Crippen LogP contribution >= 0.6 is 0 Å². The molecule has 0 saturated carbocycles. The van der Waals surface area contributed by atoms with Gasteiger partial charge in [0.05, 0.1) is 17.4 Å². The Hall–Kier alpha value is -2.10. The van der Waals surface area contributed by atoms with Crippen molar-refractivity contribution < 1.29 is 9.90 Å². The minimum Gasteiger partial charge on any atom is -0.481 e. The summed E-state index contributed by atoms with van der Waals surface area (Å²) in [5.41, 5.74) is 2.01. The first-order chi connectivity index (χ1) is 9.25. The molecule has 1 aromatic carbocycles. The van der Waals surface area contributed by atoms with Crippen molar-refractivity contribution in [1.82, 2.24) is 4.98 Å². The molecule has 2 aromatic rings. The van der Waals surface area contributed by atoms with Gasteiger partial charge < -0.3 is 10.4 Å². The lowest BCUT2D eigenvalue weighted by atomic mass is 10.2. The predicted molar refractivity (Wildman–Crippen MR) is 76.3 cm³/mol. The Morgan fingerprint density at radius 2 is 2.05 bits per heavy atom. The lowest BCUT2D eigenvalue weighted by Crippen LogP contribution is -2.02. The van der Waals surface area contributed by atoms with Crippen LogP contribution in [0.5, 0.6) is 0 Å². The van der Waals surface area contributed by atoms with Gasteiger partial charge in [0.25, 0.3) is 0 Å². The Morgan fingerprint density at radius 1 is 1.21 bits per heavy atom. The van der Waals surface area contributed by atoms with Gasteiger partial charge in [0.15, 0.2) is 0 Å². The maximum Gasteiger partial charge on any atom is 0.303 e. The van der Waals surface area contributed by atoms with Crippen molar-refractivity contribution in [3.63, 3.8) is 0 Å². The Kier molecular flexibility index (Phi) is 4.72. The van der Waals surface area contributed by atoms with Gasteiger partial charge in [0.1, 0.15) is 0 Å². The van der Waals surface area contributed by atoms with E-state index in [1.165, 1.54) is 0 Å². The standard InChI is InChI=1S/C15H18N2O2/c18-15(19)8-2-1-5-9-16-13-10-12-6-3-4-7-14(12)17-11-13/h3-4,6-7,10-11,16H,1-2,5,8-9H2,(H,18,19). The van der Waals surface area contributed by atoms with E-state index in [1.807, 2.05) is 30.5 Å². The predicted octanol–water partition coefficient (Wildman–Crippen LogP) is 3.29. The molecule has 0 unspecified atom stereocenters. The quantitative estimate of drug-likeness (QED) is 0.748. The minimum atomic E-state index is -0.716. The lowest BCUT2D eigenvalue weighted by molar-refractivity contribution is -0.137. The van der Waals surface area contributed by atoms with Crippen LogP contribution in [-0.4, -0.2) is 22.6 Å². The summed E-state index contributed by atoms with van der Waals surface area (Å²) in [6, 6.07) is 10.1. The first-order valence-electron chi connectivity index (χ1n) is 6.56. The Bertz CT molecular complexity index is 555. The van der Waals surface area contributed by atoms with Crippen LogP contribution in [0.1, 0.15) is 25.7 Å². The third-order valence-electron chi connectivity index (χ3n) is 2.99. The maximum atomic E-state index is 10.4. The molecule has 0 aliphatic rings. The second kappa shape index (κ2) is 6.73. The first-order valence-corrected chi connectivity index (χ1v) is 6.56. The van der Waals surface area contributed by atoms with Gasteiger partial charge in [-0.15, -0.1) is 0 Å². The zero-order chi connectivity index (χ0) is 13.5. The molecule has 4 nitrogen and oxygen atoms in total. The number of para-hydroxylation sites is 1. The number of carbonyl (C=O) groups is 1. The SMILES string of the molecule is O=C(O)CCCCCNc1cnc2ccccc2c1. The van der Waals surface area contributed by atoms with E-state index in [1.54, 1.807) is 0 Å². The van der Waals surface area contributed by atoms with Crippen LogP contribution in [0.15, 0.2) is 36.5 Å². The molecule has 19 heavy (non-hydrogen) atoms. The Morgan fingerprint density at radius 3 is 2.89 bits per heavy atom. The molecule has 0 amide bonds. The van der Waals surface area contributed by atoms with Crippen LogP contribution in [0, 0.1) is 0 Å². The maximum absolute atomic E-state index is 10.4. The van der Waals surface area contributed by atoms with Crippen molar-refractivity contribution in [1.29, 1.82) is 0 Å². The molecule has 0 atom stereocenters. The van der Waals surface area contributed by atoms with Gasteiger partial charge >= 0.3 is 5.97 Å². The van der Waals surface area contributed by atoms with Gasteiger partial charge in [-0.3, -0.25) is 9.78 Å². The number of fused-ring (bicyclic) bond motifs is 1. The van der Waals surface area contributed by atoms with Crippen molar-refractivity contribution in [2.24, 2.45) is 0 Å². The molecule has 1 heterocycles. The van der Waals surface area contributed by atoms with Crippen LogP contribution in [0.4, 0.5) is 5.69 Å². The monoisotopic (exact) mass is 258 g/mol. The molecule has 4 heteroatoms. The van der Waals surface area contributed by atoms with Gasteiger partial charge in [-0.1, -0.05) is 24.6 Å². The molecule has 0 saturated heterocycles. The fourth-order valence-corrected chi connectivity index (χ4v) is 1.98. The zero-order valence-electron chi connectivity index (χ0n) is 10.8. The average Bonchev–Trinajstić information content (AvgIpc) is 2.42. The molecule has 0 aliphatic carbocycles. The van der Waals surface area contributed by atoms with E-state index in [4.69, 9.17) is 5.11 Å². The van der Waals surface area contributed by atoms with Gasteiger partial charge in [-0.25, -0.2) is 0 Å². The molecule has 0 fully saturated rings. The zero-order valence-corrected chi connectivity index (χ0v) is 10.8. The minimum absolute atomic E-state index is 0.261. The molecule has 2 rings (SSSR count).